The standard InChI is InChI=1S/C11H17BrN2O/c1-8(10-2-3-11(12)15-10)14-6-4-9(13)5-7-14/h2-3,8-9H,4-7,13H2,1H3. The van der Waals surface area contributed by atoms with Gasteiger partial charge in [0.25, 0.3) is 0 Å². The van der Waals surface area contributed by atoms with Crippen LogP contribution >= 0.6 is 15.9 Å². The van der Waals surface area contributed by atoms with Crippen molar-refractivity contribution in [1.82, 2.24) is 4.90 Å². The molecule has 0 bridgehead atoms. The second-order valence-electron chi connectivity index (χ2n) is 4.19. The van der Waals surface area contributed by atoms with Crippen molar-refractivity contribution >= 4 is 15.9 Å². The quantitative estimate of drug-likeness (QED) is 0.900. The molecule has 2 heterocycles. The molecule has 84 valence electrons. The number of likely N-dealkylation sites (tertiary alicyclic amines) is 1. The summed E-state index contributed by atoms with van der Waals surface area (Å²) in [6.45, 7) is 4.32. The Hall–Kier alpha value is -0.320. The van der Waals surface area contributed by atoms with Crippen molar-refractivity contribution < 1.29 is 4.42 Å². The fraction of sp³-hybridized carbons (Fsp3) is 0.636. The van der Waals surface area contributed by atoms with E-state index in [1.54, 1.807) is 0 Å². The van der Waals surface area contributed by atoms with Crippen molar-refractivity contribution in [2.75, 3.05) is 13.1 Å². The van der Waals surface area contributed by atoms with Crippen LogP contribution < -0.4 is 5.73 Å². The molecule has 0 aromatic carbocycles. The van der Waals surface area contributed by atoms with Gasteiger partial charge in [0.05, 0.1) is 6.04 Å². The van der Waals surface area contributed by atoms with Crippen molar-refractivity contribution in [2.24, 2.45) is 5.73 Å². The fourth-order valence-electron chi connectivity index (χ4n) is 2.04. The molecule has 0 aliphatic carbocycles. The third kappa shape index (κ3) is 2.62. The molecule has 2 N–H and O–H groups in total. The summed E-state index contributed by atoms with van der Waals surface area (Å²) >= 11 is 3.33. The Morgan fingerprint density at radius 2 is 2.13 bits per heavy atom. The summed E-state index contributed by atoms with van der Waals surface area (Å²) in [6.07, 6.45) is 2.18. The van der Waals surface area contributed by atoms with Crippen LogP contribution in [0.5, 0.6) is 0 Å². The Kier molecular flexibility index (Phi) is 3.49. The molecule has 15 heavy (non-hydrogen) atoms. The summed E-state index contributed by atoms with van der Waals surface area (Å²) in [6, 6.07) is 4.71. The number of rotatable bonds is 2. The van der Waals surface area contributed by atoms with Gasteiger partial charge < -0.3 is 10.2 Å². The molecule has 1 aromatic heterocycles. The number of furan rings is 1. The number of hydrogen-bond acceptors (Lipinski definition) is 3. The molecule has 0 amide bonds. The van der Waals surface area contributed by atoms with E-state index >= 15 is 0 Å². The molecule has 1 aliphatic heterocycles. The van der Waals surface area contributed by atoms with Crippen molar-refractivity contribution in [2.45, 2.75) is 31.8 Å². The molecule has 1 unspecified atom stereocenters. The predicted molar refractivity (Wildman–Crippen MR) is 63.6 cm³/mol. The highest BCUT2D eigenvalue weighted by Crippen LogP contribution is 2.26. The van der Waals surface area contributed by atoms with Gasteiger partial charge in [-0.05, 0) is 47.8 Å². The lowest BCUT2D eigenvalue weighted by atomic mass is 10.0. The van der Waals surface area contributed by atoms with Crippen LogP contribution in [-0.2, 0) is 0 Å². The molecule has 1 fully saturated rings. The smallest absolute Gasteiger partial charge is 0.169 e. The number of nitrogens with two attached hydrogens (primary N) is 1. The van der Waals surface area contributed by atoms with E-state index in [1.165, 1.54) is 0 Å². The van der Waals surface area contributed by atoms with Crippen molar-refractivity contribution in [3.8, 4) is 0 Å². The molecule has 2 rings (SSSR count). The van der Waals surface area contributed by atoms with Crippen molar-refractivity contribution in [3.63, 3.8) is 0 Å². The normalized spacial score (nSPS) is 21.8. The van der Waals surface area contributed by atoms with E-state index in [0.29, 0.717) is 12.1 Å². The van der Waals surface area contributed by atoms with E-state index in [2.05, 4.69) is 27.8 Å². The van der Waals surface area contributed by atoms with Gasteiger partial charge in [-0.1, -0.05) is 0 Å². The first-order valence-electron chi connectivity index (χ1n) is 5.41. The molecule has 1 aromatic rings. The zero-order chi connectivity index (χ0) is 10.8. The lowest BCUT2D eigenvalue weighted by molar-refractivity contribution is 0.146. The Balaban J connectivity index is 1.99. The first-order valence-corrected chi connectivity index (χ1v) is 6.21. The van der Waals surface area contributed by atoms with Gasteiger partial charge in [0.1, 0.15) is 5.76 Å². The minimum atomic E-state index is 0.351. The number of nitrogens with zero attached hydrogens (tertiary/aromatic N) is 1. The van der Waals surface area contributed by atoms with E-state index in [4.69, 9.17) is 10.2 Å². The van der Waals surface area contributed by atoms with Gasteiger partial charge in [0.2, 0.25) is 0 Å². The van der Waals surface area contributed by atoms with Crippen LogP contribution in [0.25, 0.3) is 0 Å². The monoisotopic (exact) mass is 272 g/mol. The molecule has 1 aliphatic rings. The van der Waals surface area contributed by atoms with Crippen LogP contribution in [0.4, 0.5) is 0 Å². The summed E-state index contributed by atoms with van der Waals surface area (Å²) in [5.74, 6) is 1.03. The highest BCUT2D eigenvalue weighted by molar-refractivity contribution is 9.10. The topological polar surface area (TPSA) is 42.4 Å². The molecule has 1 atom stereocenters. The maximum Gasteiger partial charge on any atom is 0.169 e. The number of hydrogen-bond donors (Lipinski definition) is 1. The fourth-order valence-corrected chi connectivity index (χ4v) is 2.36. The Labute approximate surface area is 98.7 Å². The summed E-state index contributed by atoms with van der Waals surface area (Å²) in [5, 5.41) is 0. The van der Waals surface area contributed by atoms with Gasteiger partial charge in [0.15, 0.2) is 4.67 Å². The van der Waals surface area contributed by atoms with E-state index in [9.17, 15) is 0 Å². The predicted octanol–water partition coefficient (Wildman–Crippen LogP) is 2.53. The van der Waals surface area contributed by atoms with Crippen LogP contribution in [0.3, 0.4) is 0 Å². The Bertz CT molecular complexity index is 318. The summed E-state index contributed by atoms with van der Waals surface area (Å²) in [5.41, 5.74) is 5.88. The van der Waals surface area contributed by atoms with Crippen LogP contribution in [0.1, 0.15) is 31.6 Å². The average Bonchev–Trinajstić information content (AvgIpc) is 2.65. The highest BCUT2D eigenvalue weighted by Gasteiger charge is 2.23. The molecule has 0 saturated carbocycles. The van der Waals surface area contributed by atoms with Gasteiger partial charge >= 0.3 is 0 Å². The van der Waals surface area contributed by atoms with Gasteiger partial charge in [-0.2, -0.15) is 0 Å². The number of piperidine rings is 1. The van der Waals surface area contributed by atoms with Gasteiger partial charge in [0, 0.05) is 19.1 Å². The minimum Gasteiger partial charge on any atom is -0.453 e. The van der Waals surface area contributed by atoms with Crippen molar-refractivity contribution in [3.05, 3.63) is 22.6 Å². The SMILES string of the molecule is CC(c1ccc(Br)o1)N1CCC(N)CC1. The van der Waals surface area contributed by atoms with Crippen molar-refractivity contribution in [1.29, 1.82) is 0 Å². The Morgan fingerprint density at radius 3 is 2.67 bits per heavy atom. The Morgan fingerprint density at radius 1 is 1.47 bits per heavy atom. The summed E-state index contributed by atoms with van der Waals surface area (Å²) < 4.78 is 6.37. The van der Waals surface area contributed by atoms with E-state index in [1.807, 2.05) is 12.1 Å². The maximum absolute atomic E-state index is 5.88. The van der Waals surface area contributed by atoms with Gasteiger partial charge in [-0.25, -0.2) is 0 Å². The zero-order valence-corrected chi connectivity index (χ0v) is 10.5. The number of halogens is 1. The first-order chi connectivity index (χ1) is 7.16. The molecule has 4 heteroatoms. The maximum atomic E-state index is 5.88. The molecule has 0 radical (unpaired) electrons. The van der Waals surface area contributed by atoms with E-state index in [0.717, 1.165) is 36.4 Å². The average molecular weight is 273 g/mol. The summed E-state index contributed by atoms with van der Waals surface area (Å²) in [7, 11) is 0. The third-order valence-corrected chi connectivity index (χ3v) is 3.55. The van der Waals surface area contributed by atoms with E-state index in [-0.39, 0.29) is 0 Å². The molecule has 0 spiro atoms. The van der Waals surface area contributed by atoms with Gasteiger partial charge in [-0.15, -0.1) is 0 Å². The zero-order valence-electron chi connectivity index (χ0n) is 8.95. The molecule has 1 saturated heterocycles. The highest BCUT2D eigenvalue weighted by atomic mass is 79.9. The van der Waals surface area contributed by atoms with Crippen LogP contribution in [0.2, 0.25) is 0 Å². The second kappa shape index (κ2) is 4.68. The van der Waals surface area contributed by atoms with Crippen LogP contribution in [-0.4, -0.2) is 24.0 Å². The van der Waals surface area contributed by atoms with Crippen LogP contribution in [0.15, 0.2) is 21.2 Å². The largest absolute Gasteiger partial charge is 0.453 e. The summed E-state index contributed by atoms with van der Waals surface area (Å²) in [4.78, 5) is 2.43. The van der Waals surface area contributed by atoms with E-state index < -0.39 is 0 Å². The molecule has 3 nitrogen and oxygen atoms in total. The lowest BCUT2D eigenvalue weighted by Crippen LogP contribution is -2.40. The second-order valence-corrected chi connectivity index (χ2v) is 4.97. The first kappa shape index (κ1) is 11.2. The lowest BCUT2D eigenvalue weighted by Gasteiger charge is -2.33. The third-order valence-electron chi connectivity index (χ3n) is 3.13. The van der Waals surface area contributed by atoms with Gasteiger partial charge in [-0.3, -0.25) is 4.90 Å². The minimum absolute atomic E-state index is 0.351. The molecular formula is C11H17BrN2O. The molecular weight excluding hydrogens is 256 g/mol. The van der Waals surface area contributed by atoms with Crippen LogP contribution in [0, 0.1) is 0 Å².